The van der Waals surface area contributed by atoms with Gasteiger partial charge in [0.25, 0.3) is 0 Å². The van der Waals surface area contributed by atoms with Crippen LogP contribution in [0.5, 0.6) is 0 Å². The van der Waals surface area contributed by atoms with Gasteiger partial charge >= 0.3 is 0 Å². The number of nitrogens with two attached hydrogens (primary N) is 1. The van der Waals surface area contributed by atoms with Gasteiger partial charge in [-0.1, -0.05) is 6.07 Å². The van der Waals surface area contributed by atoms with Gasteiger partial charge in [0, 0.05) is 17.9 Å². The molecule has 0 aliphatic rings. The third kappa shape index (κ3) is 1.97. The van der Waals surface area contributed by atoms with Gasteiger partial charge in [-0.05, 0) is 37.6 Å². The van der Waals surface area contributed by atoms with Gasteiger partial charge in [-0.2, -0.15) is 5.10 Å². The van der Waals surface area contributed by atoms with Crippen molar-refractivity contribution in [3.8, 4) is 5.69 Å². The Hall–Kier alpha value is -1.68. The molecule has 16 heavy (non-hydrogen) atoms. The molecule has 1 heterocycles. The molecule has 0 fully saturated rings. The SMILES string of the molecule is CC(C)(N)c1ccc(-n2cccn2)c(F)c1. The lowest BCUT2D eigenvalue weighted by atomic mass is 9.95. The average Bonchev–Trinajstić information content (AvgIpc) is 2.69. The fourth-order valence-corrected chi connectivity index (χ4v) is 1.50. The Bertz CT molecular complexity index is 483. The van der Waals surface area contributed by atoms with Crippen molar-refractivity contribution in [1.29, 1.82) is 0 Å². The zero-order valence-electron chi connectivity index (χ0n) is 9.31. The molecule has 2 N–H and O–H groups in total. The van der Waals surface area contributed by atoms with Crippen molar-refractivity contribution in [1.82, 2.24) is 9.78 Å². The Kier molecular flexibility index (Phi) is 2.52. The summed E-state index contributed by atoms with van der Waals surface area (Å²) in [6.45, 7) is 3.69. The molecule has 0 amide bonds. The molecule has 0 bridgehead atoms. The molecule has 1 aromatic heterocycles. The molecular formula is C12H14FN3. The number of halogens is 1. The van der Waals surface area contributed by atoms with Crippen LogP contribution in [0.25, 0.3) is 5.69 Å². The monoisotopic (exact) mass is 219 g/mol. The molecule has 1 aromatic carbocycles. The predicted molar refractivity (Wildman–Crippen MR) is 60.7 cm³/mol. The van der Waals surface area contributed by atoms with Crippen LogP contribution in [-0.2, 0) is 5.54 Å². The van der Waals surface area contributed by atoms with E-state index in [-0.39, 0.29) is 5.82 Å². The highest BCUT2D eigenvalue weighted by molar-refractivity contribution is 5.37. The topological polar surface area (TPSA) is 43.8 Å². The normalized spacial score (nSPS) is 11.8. The van der Waals surface area contributed by atoms with Crippen molar-refractivity contribution in [3.63, 3.8) is 0 Å². The van der Waals surface area contributed by atoms with Crippen LogP contribution in [-0.4, -0.2) is 9.78 Å². The first-order valence-electron chi connectivity index (χ1n) is 5.07. The van der Waals surface area contributed by atoms with Gasteiger partial charge < -0.3 is 5.73 Å². The summed E-state index contributed by atoms with van der Waals surface area (Å²) in [5.74, 6) is -0.320. The second kappa shape index (κ2) is 3.72. The third-order valence-electron chi connectivity index (χ3n) is 2.44. The van der Waals surface area contributed by atoms with E-state index in [4.69, 9.17) is 5.73 Å². The first-order valence-corrected chi connectivity index (χ1v) is 5.07. The van der Waals surface area contributed by atoms with E-state index in [1.165, 1.54) is 10.7 Å². The molecule has 0 unspecified atom stereocenters. The average molecular weight is 219 g/mol. The van der Waals surface area contributed by atoms with Crippen LogP contribution in [0.1, 0.15) is 19.4 Å². The summed E-state index contributed by atoms with van der Waals surface area (Å²) in [6.07, 6.45) is 3.31. The molecule has 2 aromatic rings. The zero-order chi connectivity index (χ0) is 11.8. The van der Waals surface area contributed by atoms with E-state index in [1.54, 1.807) is 24.5 Å². The van der Waals surface area contributed by atoms with Crippen molar-refractivity contribution in [2.75, 3.05) is 0 Å². The summed E-state index contributed by atoms with van der Waals surface area (Å²) < 4.78 is 15.3. The van der Waals surface area contributed by atoms with E-state index in [0.29, 0.717) is 5.69 Å². The Morgan fingerprint density at radius 1 is 1.38 bits per heavy atom. The highest BCUT2D eigenvalue weighted by Crippen LogP contribution is 2.21. The molecule has 0 radical (unpaired) electrons. The van der Waals surface area contributed by atoms with Crippen molar-refractivity contribution < 1.29 is 4.39 Å². The minimum atomic E-state index is -0.538. The molecule has 3 nitrogen and oxygen atoms in total. The van der Waals surface area contributed by atoms with Crippen LogP contribution in [0.4, 0.5) is 4.39 Å². The van der Waals surface area contributed by atoms with E-state index in [9.17, 15) is 4.39 Å². The number of hydrogen-bond donors (Lipinski definition) is 1. The lowest BCUT2D eigenvalue weighted by Crippen LogP contribution is -2.28. The Labute approximate surface area is 93.7 Å². The number of benzene rings is 1. The summed E-state index contributed by atoms with van der Waals surface area (Å²) >= 11 is 0. The minimum absolute atomic E-state index is 0.320. The highest BCUT2D eigenvalue weighted by atomic mass is 19.1. The van der Waals surface area contributed by atoms with Crippen molar-refractivity contribution >= 4 is 0 Å². The van der Waals surface area contributed by atoms with E-state index in [2.05, 4.69) is 5.10 Å². The Balaban J connectivity index is 2.46. The van der Waals surface area contributed by atoms with E-state index < -0.39 is 5.54 Å². The largest absolute Gasteiger partial charge is 0.322 e. The summed E-state index contributed by atoms with van der Waals surface area (Å²) in [4.78, 5) is 0. The molecule has 84 valence electrons. The number of aromatic nitrogens is 2. The summed E-state index contributed by atoms with van der Waals surface area (Å²) in [6, 6.07) is 6.71. The summed E-state index contributed by atoms with van der Waals surface area (Å²) in [5.41, 5.74) is 6.56. The van der Waals surface area contributed by atoms with Gasteiger partial charge in [0.1, 0.15) is 11.5 Å². The van der Waals surface area contributed by atoms with Gasteiger partial charge in [0.2, 0.25) is 0 Å². The first kappa shape index (κ1) is 10.8. The Morgan fingerprint density at radius 3 is 2.62 bits per heavy atom. The minimum Gasteiger partial charge on any atom is -0.322 e. The van der Waals surface area contributed by atoms with Crippen LogP contribution < -0.4 is 5.73 Å². The van der Waals surface area contributed by atoms with E-state index in [0.717, 1.165) is 5.56 Å². The quantitative estimate of drug-likeness (QED) is 0.841. The summed E-state index contributed by atoms with van der Waals surface area (Å²) in [5, 5.41) is 3.98. The van der Waals surface area contributed by atoms with Crippen molar-refractivity contribution in [3.05, 3.63) is 48.0 Å². The van der Waals surface area contributed by atoms with Gasteiger partial charge in [0.15, 0.2) is 0 Å². The maximum atomic E-state index is 13.8. The molecule has 0 atom stereocenters. The van der Waals surface area contributed by atoms with Crippen LogP contribution in [0.2, 0.25) is 0 Å². The molecular weight excluding hydrogens is 205 g/mol. The van der Waals surface area contributed by atoms with Crippen molar-refractivity contribution in [2.45, 2.75) is 19.4 Å². The van der Waals surface area contributed by atoms with Crippen LogP contribution in [0.15, 0.2) is 36.7 Å². The number of hydrogen-bond acceptors (Lipinski definition) is 2. The van der Waals surface area contributed by atoms with Crippen LogP contribution in [0.3, 0.4) is 0 Å². The third-order valence-corrected chi connectivity index (χ3v) is 2.44. The fraction of sp³-hybridized carbons (Fsp3) is 0.250. The predicted octanol–water partition coefficient (Wildman–Crippen LogP) is 2.21. The first-order chi connectivity index (χ1) is 7.48. The van der Waals surface area contributed by atoms with Gasteiger partial charge in [-0.25, -0.2) is 9.07 Å². The molecule has 4 heteroatoms. The maximum Gasteiger partial charge on any atom is 0.149 e. The zero-order valence-corrected chi connectivity index (χ0v) is 9.31. The standard InChI is InChI=1S/C12H14FN3/c1-12(2,14)9-4-5-11(10(13)8-9)16-7-3-6-15-16/h3-8H,14H2,1-2H3. The molecule has 0 aliphatic carbocycles. The highest BCUT2D eigenvalue weighted by Gasteiger charge is 2.16. The number of nitrogens with zero attached hydrogens (tertiary/aromatic N) is 2. The second-order valence-electron chi connectivity index (χ2n) is 4.34. The van der Waals surface area contributed by atoms with E-state index in [1.807, 2.05) is 19.9 Å². The van der Waals surface area contributed by atoms with Gasteiger partial charge in [-0.15, -0.1) is 0 Å². The van der Waals surface area contributed by atoms with E-state index >= 15 is 0 Å². The van der Waals surface area contributed by atoms with Crippen LogP contribution >= 0.6 is 0 Å². The number of rotatable bonds is 2. The van der Waals surface area contributed by atoms with Crippen LogP contribution in [0, 0.1) is 5.82 Å². The second-order valence-corrected chi connectivity index (χ2v) is 4.34. The van der Waals surface area contributed by atoms with Gasteiger partial charge in [0.05, 0.1) is 0 Å². The molecule has 0 saturated carbocycles. The summed E-state index contributed by atoms with van der Waals surface area (Å²) in [7, 11) is 0. The molecule has 0 saturated heterocycles. The lowest BCUT2D eigenvalue weighted by Gasteiger charge is -2.19. The fourth-order valence-electron chi connectivity index (χ4n) is 1.50. The maximum absolute atomic E-state index is 13.8. The molecule has 2 rings (SSSR count). The van der Waals surface area contributed by atoms with Crippen molar-refractivity contribution in [2.24, 2.45) is 5.73 Å². The van der Waals surface area contributed by atoms with Gasteiger partial charge in [-0.3, -0.25) is 0 Å². The lowest BCUT2D eigenvalue weighted by molar-refractivity contribution is 0.541. The Morgan fingerprint density at radius 2 is 2.12 bits per heavy atom. The molecule has 0 spiro atoms. The smallest absolute Gasteiger partial charge is 0.149 e. The molecule has 0 aliphatic heterocycles.